The second-order valence-corrected chi connectivity index (χ2v) is 7.46. The third kappa shape index (κ3) is 5.63. The monoisotopic (exact) mass is 392 g/mol. The van der Waals surface area contributed by atoms with Crippen LogP contribution in [0.15, 0.2) is 36.2 Å². The van der Waals surface area contributed by atoms with E-state index in [4.69, 9.17) is 4.74 Å². The van der Waals surface area contributed by atoms with E-state index >= 15 is 0 Å². The van der Waals surface area contributed by atoms with E-state index in [9.17, 15) is 23.9 Å². The number of benzene rings is 1. The maximum absolute atomic E-state index is 14.1. The molecule has 7 nitrogen and oxygen atoms in total. The van der Waals surface area contributed by atoms with Gasteiger partial charge in [-0.3, -0.25) is 14.5 Å². The van der Waals surface area contributed by atoms with Crippen molar-refractivity contribution >= 4 is 17.9 Å². The summed E-state index contributed by atoms with van der Waals surface area (Å²) >= 11 is 0. The maximum Gasteiger partial charge on any atom is 0.408 e. The molecule has 152 valence electrons. The minimum absolute atomic E-state index is 0.0418. The molecule has 0 aliphatic carbocycles. The number of carbonyl (C=O) groups is 3. The van der Waals surface area contributed by atoms with E-state index in [0.29, 0.717) is 11.1 Å². The third-order valence-electron chi connectivity index (χ3n) is 3.96. The molecule has 3 amide bonds. The van der Waals surface area contributed by atoms with Gasteiger partial charge in [-0.25, -0.2) is 9.18 Å². The second-order valence-electron chi connectivity index (χ2n) is 7.46. The molecule has 1 aromatic carbocycles. The molecule has 2 N–H and O–H groups in total. The Bertz CT molecular complexity index is 750. The van der Waals surface area contributed by atoms with Crippen molar-refractivity contribution in [3.63, 3.8) is 0 Å². The minimum Gasteiger partial charge on any atom is -0.444 e. The Labute approximate surface area is 163 Å². The van der Waals surface area contributed by atoms with Crippen LogP contribution in [0.2, 0.25) is 0 Å². The maximum atomic E-state index is 14.1. The fourth-order valence-electron chi connectivity index (χ4n) is 2.75. The number of amides is 3. The lowest BCUT2D eigenvalue weighted by Crippen LogP contribution is -2.40. The zero-order valence-corrected chi connectivity index (χ0v) is 16.2. The van der Waals surface area contributed by atoms with Crippen molar-refractivity contribution in [2.45, 2.75) is 45.3 Å². The number of hydrogen-bond acceptors (Lipinski definition) is 5. The largest absolute Gasteiger partial charge is 0.444 e. The molecular weight excluding hydrogens is 367 g/mol. The van der Waals surface area contributed by atoms with Gasteiger partial charge in [-0.15, -0.1) is 0 Å². The van der Waals surface area contributed by atoms with Crippen LogP contribution in [0.3, 0.4) is 0 Å². The normalized spacial score (nSPS) is 15.5. The van der Waals surface area contributed by atoms with E-state index in [1.54, 1.807) is 45.0 Å². The molecule has 1 atom stereocenters. The highest BCUT2D eigenvalue weighted by molar-refractivity contribution is 6.21. The fraction of sp³-hybridized carbons (Fsp3) is 0.450. The first-order valence-corrected chi connectivity index (χ1v) is 9.04. The highest BCUT2D eigenvalue weighted by Gasteiger charge is 2.34. The first-order chi connectivity index (χ1) is 13.1. The summed E-state index contributed by atoms with van der Waals surface area (Å²) in [6.07, 6.45) is 0.506. The first kappa shape index (κ1) is 21.6. The van der Waals surface area contributed by atoms with E-state index in [1.807, 2.05) is 0 Å². The summed E-state index contributed by atoms with van der Waals surface area (Å²) in [5.41, 5.74) is -0.00511. The first-order valence-electron chi connectivity index (χ1n) is 9.04. The van der Waals surface area contributed by atoms with E-state index in [2.05, 4.69) is 5.32 Å². The molecule has 8 heteroatoms. The molecule has 0 saturated carbocycles. The third-order valence-corrected chi connectivity index (χ3v) is 3.96. The van der Waals surface area contributed by atoms with Crippen LogP contribution in [-0.4, -0.2) is 52.7 Å². The van der Waals surface area contributed by atoms with Crippen LogP contribution in [0.5, 0.6) is 0 Å². The zero-order chi connectivity index (χ0) is 20.9. The Morgan fingerprint density at radius 1 is 1.25 bits per heavy atom. The number of hydrogen-bond donors (Lipinski definition) is 2. The van der Waals surface area contributed by atoms with Crippen molar-refractivity contribution in [3.8, 4) is 0 Å². The van der Waals surface area contributed by atoms with Gasteiger partial charge in [0.15, 0.2) is 0 Å². The molecule has 28 heavy (non-hydrogen) atoms. The lowest BCUT2D eigenvalue weighted by Gasteiger charge is -2.21. The molecule has 0 saturated heterocycles. The number of carbonyl (C=O) groups excluding carboxylic acids is 3. The molecule has 0 spiro atoms. The van der Waals surface area contributed by atoms with Gasteiger partial charge in [0.05, 0.1) is 29.6 Å². The summed E-state index contributed by atoms with van der Waals surface area (Å²) in [6, 6.07) is 5.61. The van der Waals surface area contributed by atoms with Gasteiger partial charge in [-0.05, 0) is 45.4 Å². The van der Waals surface area contributed by atoms with Crippen LogP contribution in [0.25, 0.3) is 0 Å². The number of halogens is 1. The number of alkyl carbamates (subject to hydrolysis) is 1. The zero-order valence-electron chi connectivity index (χ0n) is 16.2. The van der Waals surface area contributed by atoms with Crippen LogP contribution in [0, 0.1) is 0 Å². The van der Waals surface area contributed by atoms with Gasteiger partial charge in [0.25, 0.3) is 11.8 Å². The lowest BCUT2D eigenvalue weighted by atomic mass is 10.1. The number of nitrogens with one attached hydrogen (secondary N) is 1. The van der Waals surface area contributed by atoms with Crippen molar-refractivity contribution in [2.24, 2.45) is 0 Å². The standard InChI is InChI=1S/C20H25FN2O5/c1-20(2,3)28-19(27)22-14(12-24)11-13(21)7-6-10-23-17(25)15-8-4-5-9-16(15)18(23)26/h4-5,8-9,11,14,24H,6-7,10,12H2,1-3H3,(H,22,27)/b13-11+/t14-/m0/s1. The van der Waals surface area contributed by atoms with E-state index < -0.39 is 30.2 Å². The summed E-state index contributed by atoms with van der Waals surface area (Å²) in [7, 11) is 0. The van der Waals surface area contributed by atoms with Crippen LogP contribution in [-0.2, 0) is 4.74 Å². The number of fused-ring (bicyclic) bond motifs is 1. The molecule has 0 aromatic heterocycles. The van der Waals surface area contributed by atoms with Gasteiger partial charge in [0.1, 0.15) is 5.60 Å². The number of allylic oxidation sites excluding steroid dienone is 1. The number of aliphatic hydroxyl groups excluding tert-OH is 1. The lowest BCUT2D eigenvalue weighted by molar-refractivity contribution is 0.0496. The van der Waals surface area contributed by atoms with Gasteiger partial charge >= 0.3 is 6.09 Å². The van der Waals surface area contributed by atoms with Crippen molar-refractivity contribution < 1.29 is 28.6 Å². The molecule has 1 aromatic rings. The quantitative estimate of drug-likeness (QED) is 0.696. The SMILES string of the molecule is CC(C)(C)OC(=O)N[C@@H](/C=C(/F)CCCN1C(=O)c2ccccc2C1=O)CO. The predicted molar refractivity (Wildman–Crippen MR) is 100 cm³/mol. The molecule has 1 aliphatic rings. The number of imide groups is 1. The Kier molecular flexibility index (Phi) is 6.90. The van der Waals surface area contributed by atoms with Crippen LogP contribution >= 0.6 is 0 Å². The summed E-state index contributed by atoms with van der Waals surface area (Å²) in [5, 5.41) is 11.7. The molecule has 1 aliphatic heterocycles. The number of rotatable bonds is 7. The summed E-state index contributed by atoms with van der Waals surface area (Å²) in [4.78, 5) is 37.3. The number of aliphatic hydroxyl groups is 1. The van der Waals surface area contributed by atoms with Gasteiger partial charge in [-0.2, -0.15) is 0 Å². The van der Waals surface area contributed by atoms with Gasteiger partial charge < -0.3 is 15.2 Å². The molecule has 1 heterocycles. The summed E-state index contributed by atoms with van der Waals surface area (Å²) < 4.78 is 19.2. The second kappa shape index (κ2) is 8.97. The highest BCUT2D eigenvalue weighted by atomic mass is 19.1. The fourth-order valence-corrected chi connectivity index (χ4v) is 2.75. The molecule has 0 radical (unpaired) electrons. The molecule has 2 rings (SSSR count). The van der Waals surface area contributed by atoms with Crippen molar-refractivity contribution in [2.75, 3.05) is 13.2 Å². The average molecular weight is 392 g/mol. The van der Waals surface area contributed by atoms with E-state index in [0.717, 1.165) is 11.0 Å². The topological polar surface area (TPSA) is 95.9 Å². The van der Waals surface area contributed by atoms with Crippen molar-refractivity contribution in [1.29, 1.82) is 0 Å². The van der Waals surface area contributed by atoms with E-state index in [1.165, 1.54) is 0 Å². The smallest absolute Gasteiger partial charge is 0.408 e. The van der Waals surface area contributed by atoms with Gasteiger partial charge in [-0.1, -0.05) is 12.1 Å². The Balaban J connectivity index is 1.86. The molecule has 0 unspecified atom stereocenters. The van der Waals surface area contributed by atoms with Crippen LogP contribution in [0.4, 0.5) is 9.18 Å². The van der Waals surface area contributed by atoms with Crippen LogP contribution < -0.4 is 5.32 Å². The van der Waals surface area contributed by atoms with Crippen LogP contribution in [0.1, 0.15) is 54.3 Å². The number of nitrogens with zero attached hydrogens (tertiary/aromatic N) is 1. The molecule has 0 bridgehead atoms. The average Bonchev–Trinajstić information content (AvgIpc) is 2.84. The predicted octanol–water partition coefficient (Wildman–Crippen LogP) is 2.80. The number of ether oxygens (including phenoxy) is 1. The highest BCUT2D eigenvalue weighted by Crippen LogP contribution is 2.23. The Morgan fingerprint density at radius 3 is 2.32 bits per heavy atom. The minimum atomic E-state index is -0.936. The molecule has 0 fully saturated rings. The molecular formula is C20H25FN2O5. The summed E-state index contributed by atoms with van der Waals surface area (Å²) in [5.74, 6) is -1.33. The summed E-state index contributed by atoms with van der Waals surface area (Å²) in [6.45, 7) is 4.66. The Morgan fingerprint density at radius 2 is 1.82 bits per heavy atom. The Hall–Kier alpha value is -2.74. The van der Waals surface area contributed by atoms with Crippen molar-refractivity contribution in [1.82, 2.24) is 10.2 Å². The van der Waals surface area contributed by atoms with Crippen molar-refractivity contribution in [3.05, 3.63) is 47.3 Å². The van der Waals surface area contributed by atoms with E-state index in [-0.39, 0.29) is 31.2 Å². The van der Waals surface area contributed by atoms with Gasteiger partial charge in [0, 0.05) is 13.0 Å². The van der Waals surface area contributed by atoms with Gasteiger partial charge in [0.2, 0.25) is 0 Å².